The first-order valence-corrected chi connectivity index (χ1v) is 8.11. The summed E-state index contributed by atoms with van der Waals surface area (Å²) in [6.07, 6.45) is 0.608. The lowest BCUT2D eigenvalue weighted by molar-refractivity contribution is -0.143. The van der Waals surface area contributed by atoms with Crippen LogP contribution >= 0.6 is 0 Å². The van der Waals surface area contributed by atoms with Gasteiger partial charge in [-0.2, -0.15) is 0 Å². The van der Waals surface area contributed by atoms with Crippen LogP contribution in [0.15, 0.2) is 30.3 Å². The van der Waals surface area contributed by atoms with Gasteiger partial charge in [0, 0.05) is 6.54 Å². The molecule has 3 atom stereocenters. The molecule has 1 unspecified atom stereocenters. The Kier molecular flexibility index (Phi) is 8.37. The van der Waals surface area contributed by atoms with E-state index in [-0.39, 0.29) is 19.3 Å². The van der Waals surface area contributed by atoms with Crippen molar-refractivity contribution < 1.29 is 25.1 Å². The molecule has 7 N–H and O–H groups in total. The lowest BCUT2D eigenvalue weighted by Gasteiger charge is -2.29. The molecule has 1 aromatic rings. The van der Waals surface area contributed by atoms with Gasteiger partial charge in [-0.15, -0.1) is 0 Å². The first kappa shape index (κ1) is 20.6. The van der Waals surface area contributed by atoms with Crippen LogP contribution in [0, 0.1) is 0 Å². The fraction of sp³-hybridized carbons (Fsp3) is 0.562. The van der Waals surface area contributed by atoms with Crippen LogP contribution in [-0.2, 0) is 4.79 Å². The van der Waals surface area contributed by atoms with Gasteiger partial charge in [0.25, 0.3) is 0 Å². The smallest absolute Gasteiger partial charge is 0.451 e. The number of aliphatic hydroxyl groups is 1. The van der Waals surface area contributed by atoms with Gasteiger partial charge in [0.1, 0.15) is 5.54 Å². The van der Waals surface area contributed by atoms with Crippen molar-refractivity contribution >= 4 is 13.1 Å². The van der Waals surface area contributed by atoms with Gasteiger partial charge in [0.05, 0.1) is 12.1 Å². The van der Waals surface area contributed by atoms with Crippen molar-refractivity contribution in [2.75, 3.05) is 6.54 Å². The molecule has 1 rings (SSSR count). The summed E-state index contributed by atoms with van der Waals surface area (Å²) in [6.45, 7) is 1.63. The number of carboxylic acids is 1. The van der Waals surface area contributed by atoms with E-state index >= 15 is 0 Å². The second-order valence-electron chi connectivity index (χ2n) is 6.20. The molecule has 1 aromatic carbocycles. The Morgan fingerprint density at radius 3 is 2.42 bits per heavy atom. The molecule has 0 aliphatic heterocycles. The van der Waals surface area contributed by atoms with Gasteiger partial charge in [-0.05, 0) is 25.2 Å². The maximum atomic E-state index is 11.5. The average Bonchev–Trinajstić information content (AvgIpc) is 2.52. The minimum Gasteiger partial charge on any atom is -0.480 e. The predicted octanol–water partition coefficient (Wildman–Crippen LogP) is 0.123. The fourth-order valence-corrected chi connectivity index (χ4v) is 2.56. The highest BCUT2D eigenvalue weighted by molar-refractivity contribution is 6.40. The quantitative estimate of drug-likeness (QED) is 0.249. The van der Waals surface area contributed by atoms with Crippen molar-refractivity contribution in [2.24, 2.45) is 5.73 Å². The van der Waals surface area contributed by atoms with Crippen LogP contribution in [0.25, 0.3) is 0 Å². The number of nitrogens with one attached hydrogen (secondary N) is 1. The van der Waals surface area contributed by atoms with Crippen LogP contribution in [0.2, 0.25) is 6.32 Å². The first-order chi connectivity index (χ1) is 11.3. The average molecular weight is 338 g/mol. The number of aliphatic carboxylic acids is 1. The maximum absolute atomic E-state index is 11.5. The van der Waals surface area contributed by atoms with Crippen molar-refractivity contribution in [3.63, 3.8) is 0 Å². The lowest BCUT2D eigenvalue weighted by Crippen LogP contribution is -2.56. The molecule has 8 heteroatoms. The van der Waals surface area contributed by atoms with E-state index in [2.05, 4.69) is 5.32 Å². The summed E-state index contributed by atoms with van der Waals surface area (Å²) in [4.78, 5) is 11.5. The minimum atomic E-state index is -1.48. The zero-order valence-corrected chi connectivity index (χ0v) is 13.9. The zero-order chi connectivity index (χ0) is 18.2. The van der Waals surface area contributed by atoms with Gasteiger partial charge >= 0.3 is 13.1 Å². The van der Waals surface area contributed by atoms with E-state index in [0.717, 1.165) is 5.56 Å². The highest BCUT2D eigenvalue weighted by atomic mass is 16.4. The third-order valence-corrected chi connectivity index (χ3v) is 4.04. The van der Waals surface area contributed by atoms with E-state index in [1.54, 1.807) is 6.92 Å². The molecule has 7 nitrogen and oxygen atoms in total. The van der Waals surface area contributed by atoms with Crippen molar-refractivity contribution in [1.82, 2.24) is 5.32 Å². The molecule has 0 aliphatic carbocycles. The molecular formula is C16H27BN2O5. The molecule has 0 aromatic heterocycles. The molecule has 0 radical (unpaired) electrons. The van der Waals surface area contributed by atoms with Crippen LogP contribution in [0.3, 0.4) is 0 Å². The van der Waals surface area contributed by atoms with E-state index in [1.807, 2.05) is 30.3 Å². The maximum Gasteiger partial charge on any atom is 0.451 e. The van der Waals surface area contributed by atoms with E-state index in [0.29, 0.717) is 12.8 Å². The molecule has 134 valence electrons. The number of nitrogens with two attached hydrogens (primary N) is 1. The molecule has 0 spiro atoms. The summed E-state index contributed by atoms with van der Waals surface area (Å²) in [7, 11) is -1.39. The van der Waals surface area contributed by atoms with Crippen LogP contribution in [-0.4, -0.2) is 51.5 Å². The number of aliphatic hydroxyl groups excluding tert-OH is 1. The summed E-state index contributed by atoms with van der Waals surface area (Å²) >= 11 is 0. The van der Waals surface area contributed by atoms with Gasteiger partial charge in [0.15, 0.2) is 0 Å². The normalized spacial score (nSPS) is 16.2. The monoisotopic (exact) mass is 338 g/mol. The Morgan fingerprint density at radius 1 is 1.29 bits per heavy atom. The van der Waals surface area contributed by atoms with E-state index in [1.165, 1.54) is 0 Å². The van der Waals surface area contributed by atoms with Gasteiger partial charge in [0.2, 0.25) is 0 Å². The highest BCUT2D eigenvalue weighted by Gasteiger charge is 2.34. The van der Waals surface area contributed by atoms with E-state index in [9.17, 15) is 15.0 Å². The number of benzene rings is 1. The van der Waals surface area contributed by atoms with Crippen molar-refractivity contribution in [3.8, 4) is 0 Å². The van der Waals surface area contributed by atoms with Crippen molar-refractivity contribution in [2.45, 2.75) is 50.2 Å². The molecule has 0 heterocycles. The highest BCUT2D eigenvalue weighted by Crippen LogP contribution is 2.19. The Hall–Kier alpha value is -1.45. The topological polar surface area (TPSA) is 136 Å². The van der Waals surface area contributed by atoms with Crippen molar-refractivity contribution in [1.29, 1.82) is 0 Å². The summed E-state index contributed by atoms with van der Waals surface area (Å²) in [6, 6.07) is 8.84. The molecule has 0 amide bonds. The predicted molar refractivity (Wildman–Crippen MR) is 92.3 cm³/mol. The van der Waals surface area contributed by atoms with Crippen LogP contribution < -0.4 is 11.1 Å². The number of carbonyl (C=O) groups is 1. The zero-order valence-electron chi connectivity index (χ0n) is 13.9. The third-order valence-electron chi connectivity index (χ3n) is 4.04. The van der Waals surface area contributed by atoms with Gasteiger partial charge < -0.3 is 31.3 Å². The Morgan fingerprint density at radius 2 is 1.92 bits per heavy atom. The number of carboxylic acid groups (broad SMARTS) is 1. The van der Waals surface area contributed by atoms with Crippen molar-refractivity contribution in [3.05, 3.63) is 35.9 Å². The minimum absolute atomic E-state index is 0.00548. The molecule has 0 aliphatic rings. The van der Waals surface area contributed by atoms with Crippen LogP contribution in [0.5, 0.6) is 0 Å². The molecule has 0 saturated heterocycles. The SMILES string of the molecule is C[C@@H](O)[C@@H](NCC(N)(CCCCB(O)O)C(=O)O)c1ccccc1. The first-order valence-electron chi connectivity index (χ1n) is 8.11. The van der Waals surface area contributed by atoms with E-state index in [4.69, 9.17) is 15.8 Å². The molecule has 0 saturated carbocycles. The molecule has 0 bridgehead atoms. The van der Waals surface area contributed by atoms with Gasteiger partial charge in [-0.1, -0.05) is 43.2 Å². The molecule has 24 heavy (non-hydrogen) atoms. The van der Waals surface area contributed by atoms with Gasteiger partial charge in [-0.25, -0.2) is 0 Å². The Bertz CT molecular complexity index is 501. The van der Waals surface area contributed by atoms with E-state index < -0.39 is 30.8 Å². The van der Waals surface area contributed by atoms with Crippen LogP contribution in [0.4, 0.5) is 0 Å². The molecule has 0 fully saturated rings. The standard InChI is InChI=1S/C16H27BN2O5/c1-12(20)14(13-7-3-2-4-8-13)19-11-16(18,15(21)22)9-5-6-10-17(23)24/h2-4,7-8,12,14,19-20,23-24H,5-6,9-11,18H2,1H3,(H,21,22)/t12-,14-,16?/m1/s1. The number of rotatable bonds is 11. The fourth-order valence-electron chi connectivity index (χ4n) is 2.56. The second kappa shape index (κ2) is 9.75. The summed E-state index contributed by atoms with van der Waals surface area (Å²) < 4.78 is 0. The number of hydrogen-bond donors (Lipinski definition) is 6. The largest absolute Gasteiger partial charge is 0.480 e. The number of hydrogen-bond acceptors (Lipinski definition) is 6. The second-order valence-corrected chi connectivity index (χ2v) is 6.20. The summed E-state index contributed by atoms with van der Waals surface area (Å²) in [5, 5.41) is 40.1. The summed E-state index contributed by atoms with van der Waals surface area (Å²) in [5.74, 6) is -1.13. The lowest BCUT2D eigenvalue weighted by atomic mass is 9.82. The Balaban J connectivity index is 2.67. The van der Waals surface area contributed by atoms with Crippen LogP contribution in [0.1, 0.15) is 37.8 Å². The third kappa shape index (κ3) is 6.58. The van der Waals surface area contributed by atoms with Gasteiger partial charge in [-0.3, -0.25) is 4.79 Å². The number of unbranched alkanes of at least 4 members (excludes halogenated alkanes) is 1. The molecular weight excluding hydrogens is 311 g/mol. The Labute approximate surface area is 142 Å². The summed E-state index contributed by atoms with van der Waals surface area (Å²) in [5.41, 5.74) is 5.38.